The average Bonchev–Trinajstić information content (AvgIpc) is 2.39. The highest BCUT2D eigenvalue weighted by Crippen LogP contribution is 2.43. The zero-order valence-electron chi connectivity index (χ0n) is 11.2. The molecule has 1 amide bonds. The molecule has 1 fully saturated rings. The van der Waals surface area contributed by atoms with Crippen molar-refractivity contribution in [3.05, 3.63) is 46.0 Å². The normalized spacial score (nSPS) is 19.0. The van der Waals surface area contributed by atoms with Crippen LogP contribution in [0.5, 0.6) is 0 Å². The van der Waals surface area contributed by atoms with E-state index in [1.54, 1.807) is 30.3 Å². The first-order valence-electron chi connectivity index (χ1n) is 6.72. The SMILES string of the molecule is NC(=O)OC1(C(c2ccccc2)[N+](=O)[O-])CCCCC1. The van der Waals surface area contributed by atoms with Gasteiger partial charge in [-0.25, -0.2) is 4.79 Å². The minimum absolute atomic E-state index is 0.371. The summed E-state index contributed by atoms with van der Waals surface area (Å²) in [6.45, 7) is 0. The van der Waals surface area contributed by atoms with Crippen molar-refractivity contribution < 1.29 is 14.5 Å². The first-order chi connectivity index (χ1) is 9.55. The van der Waals surface area contributed by atoms with E-state index in [9.17, 15) is 14.9 Å². The molecule has 1 atom stereocenters. The van der Waals surface area contributed by atoms with Gasteiger partial charge in [0.25, 0.3) is 6.04 Å². The molecule has 1 saturated carbocycles. The quantitative estimate of drug-likeness (QED) is 0.676. The fourth-order valence-electron chi connectivity index (χ4n) is 3.03. The van der Waals surface area contributed by atoms with Gasteiger partial charge >= 0.3 is 6.09 Å². The monoisotopic (exact) mass is 278 g/mol. The first kappa shape index (κ1) is 14.3. The Morgan fingerprint density at radius 2 is 1.85 bits per heavy atom. The number of ether oxygens (including phenoxy) is 1. The molecule has 1 aliphatic carbocycles. The number of hydrogen-bond acceptors (Lipinski definition) is 4. The summed E-state index contributed by atoms with van der Waals surface area (Å²) in [5, 5.41) is 11.6. The summed E-state index contributed by atoms with van der Waals surface area (Å²) in [6, 6.07) is 7.58. The standard InChI is InChI=1S/C14H18N2O4/c15-13(17)20-14(9-5-2-6-10-14)12(16(18)19)11-7-3-1-4-8-11/h1,3-4,7-8,12H,2,5-6,9-10H2,(H2,15,17). The van der Waals surface area contributed by atoms with Crippen LogP contribution < -0.4 is 5.73 Å². The van der Waals surface area contributed by atoms with Gasteiger partial charge in [0.15, 0.2) is 5.60 Å². The third-order valence-corrected chi connectivity index (χ3v) is 3.83. The van der Waals surface area contributed by atoms with Gasteiger partial charge in [-0.1, -0.05) is 36.8 Å². The summed E-state index contributed by atoms with van der Waals surface area (Å²) in [5.74, 6) is 0. The molecule has 0 radical (unpaired) electrons. The molecule has 1 aromatic carbocycles. The van der Waals surface area contributed by atoms with E-state index in [4.69, 9.17) is 10.5 Å². The molecule has 0 aliphatic heterocycles. The number of nitrogens with zero attached hydrogens (tertiary/aromatic N) is 1. The Labute approximate surface area is 117 Å². The largest absolute Gasteiger partial charge is 0.435 e. The van der Waals surface area contributed by atoms with E-state index in [0.29, 0.717) is 18.4 Å². The maximum atomic E-state index is 11.6. The van der Waals surface area contributed by atoms with Crippen molar-refractivity contribution in [2.75, 3.05) is 0 Å². The number of nitrogens with two attached hydrogens (primary N) is 1. The lowest BCUT2D eigenvalue weighted by atomic mass is 9.77. The lowest BCUT2D eigenvalue weighted by Crippen LogP contribution is -2.47. The third-order valence-electron chi connectivity index (χ3n) is 3.83. The second-order valence-electron chi connectivity index (χ2n) is 5.15. The number of carbonyl (C=O) groups excluding carboxylic acids is 1. The highest BCUT2D eigenvalue weighted by atomic mass is 16.6. The molecule has 0 bridgehead atoms. The van der Waals surface area contributed by atoms with Crippen molar-refractivity contribution in [3.63, 3.8) is 0 Å². The Hall–Kier alpha value is -2.11. The molecule has 2 rings (SSSR count). The van der Waals surface area contributed by atoms with Crippen LogP contribution in [-0.2, 0) is 4.74 Å². The summed E-state index contributed by atoms with van der Waals surface area (Å²) in [7, 11) is 0. The Bertz CT molecular complexity index is 483. The van der Waals surface area contributed by atoms with Gasteiger partial charge < -0.3 is 10.5 Å². The molecule has 0 saturated heterocycles. The van der Waals surface area contributed by atoms with Crippen molar-refractivity contribution >= 4 is 6.09 Å². The van der Waals surface area contributed by atoms with Gasteiger partial charge in [0, 0.05) is 10.5 Å². The van der Waals surface area contributed by atoms with E-state index in [2.05, 4.69) is 0 Å². The molecule has 108 valence electrons. The molecule has 6 heteroatoms. The van der Waals surface area contributed by atoms with E-state index in [-0.39, 0.29) is 4.92 Å². The second-order valence-corrected chi connectivity index (χ2v) is 5.15. The Morgan fingerprint density at radius 1 is 1.25 bits per heavy atom. The number of rotatable bonds is 4. The minimum Gasteiger partial charge on any atom is -0.435 e. The van der Waals surface area contributed by atoms with E-state index in [0.717, 1.165) is 19.3 Å². The minimum atomic E-state index is -1.13. The van der Waals surface area contributed by atoms with Crippen molar-refractivity contribution in [2.45, 2.75) is 43.7 Å². The third kappa shape index (κ3) is 2.89. The number of nitro groups is 1. The van der Waals surface area contributed by atoms with Crippen molar-refractivity contribution in [1.29, 1.82) is 0 Å². The van der Waals surface area contributed by atoms with E-state index in [1.807, 2.05) is 0 Å². The van der Waals surface area contributed by atoms with Crippen LogP contribution in [-0.4, -0.2) is 16.6 Å². The van der Waals surface area contributed by atoms with Gasteiger partial charge in [-0.05, 0) is 25.7 Å². The summed E-state index contributed by atoms with van der Waals surface area (Å²) >= 11 is 0. The second kappa shape index (κ2) is 5.90. The predicted molar refractivity (Wildman–Crippen MR) is 72.7 cm³/mol. The fraction of sp³-hybridized carbons (Fsp3) is 0.500. The number of benzene rings is 1. The van der Waals surface area contributed by atoms with Crippen LogP contribution >= 0.6 is 0 Å². The molecule has 2 N–H and O–H groups in total. The molecule has 1 aromatic rings. The predicted octanol–water partition coefficient (Wildman–Crippen LogP) is 2.80. The molecule has 0 spiro atoms. The molecule has 0 heterocycles. The first-order valence-corrected chi connectivity index (χ1v) is 6.72. The Balaban J connectivity index is 2.42. The van der Waals surface area contributed by atoms with Gasteiger partial charge in [-0.15, -0.1) is 0 Å². The molecular weight excluding hydrogens is 260 g/mol. The van der Waals surface area contributed by atoms with Gasteiger partial charge in [-0.3, -0.25) is 10.1 Å². The highest BCUT2D eigenvalue weighted by Gasteiger charge is 2.51. The number of amides is 1. The van der Waals surface area contributed by atoms with Crippen molar-refractivity contribution in [2.24, 2.45) is 5.73 Å². The van der Waals surface area contributed by atoms with Crippen LogP contribution in [0, 0.1) is 10.1 Å². The van der Waals surface area contributed by atoms with Gasteiger partial charge in [0.05, 0.1) is 0 Å². The van der Waals surface area contributed by atoms with Crippen molar-refractivity contribution in [3.8, 4) is 0 Å². The van der Waals surface area contributed by atoms with Crippen LogP contribution in [0.25, 0.3) is 0 Å². The summed E-state index contributed by atoms with van der Waals surface area (Å²) in [4.78, 5) is 22.4. The topological polar surface area (TPSA) is 95.5 Å². The maximum Gasteiger partial charge on any atom is 0.405 e. The zero-order chi connectivity index (χ0) is 14.6. The van der Waals surface area contributed by atoms with Crippen LogP contribution in [0.4, 0.5) is 4.79 Å². The fourth-order valence-corrected chi connectivity index (χ4v) is 3.03. The summed E-state index contributed by atoms with van der Waals surface area (Å²) in [5.41, 5.74) is 4.55. The van der Waals surface area contributed by atoms with E-state index in [1.165, 1.54) is 0 Å². The molecule has 6 nitrogen and oxygen atoms in total. The summed E-state index contributed by atoms with van der Waals surface area (Å²) in [6.07, 6.45) is 2.57. The number of hydrogen-bond donors (Lipinski definition) is 1. The Morgan fingerprint density at radius 3 is 2.35 bits per heavy atom. The van der Waals surface area contributed by atoms with Gasteiger partial charge in [0.1, 0.15) is 0 Å². The Kier molecular flexibility index (Phi) is 4.22. The van der Waals surface area contributed by atoms with E-state index < -0.39 is 17.7 Å². The highest BCUT2D eigenvalue weighted by molar-refractivity contribution is 5.65. The lowest BCUT2D eigenvalue weighted by molar-refractivity contribution is -0.553. The molecule has 20 heavy (non-hydrogen) atoms. The van der Waals surface area contributed by atoms with Crippen LogP contribution in [0.2, 0.25) is 0 Å². The smallest absolute Gasteiger partial charge is 0.405 e. The molecule has 1 aliphatic rings. The zero-order valence-corrected chi connectivity index (χ0v) is 11.2. The molecular formula is C14H18N2O4. The van der Waals surface area contributed by atoms with Crippen molar-refractivity contribution in [1.82, 2.24) is 0 Å². The maximum absolute atomic E-state index is 11.6. The summed E-state index contributed by atoms with van der Waals surface area (Å²) < 4.78 is 5.25. The van der Waals surface area contributed by atoms with Crippen LogP contribution in [0.1, 0.15) is 43.7 Å². The van der Waals surface area contributed by atoms with Gasteiger partial charge in [-0.2, -0.15) is 0 Å². The van der Waals surface area contributed by atoms with E-state index >= 15 is 0 Å². The average molecular weight is 278 g/mol. The lowest BCUT2D eigenvalue weighted by Gasteiger charge is -2.37. The van der Waals surface area contributed by atoms with Crippen LogP contribution in [0.3, 0.4) is 0 Å². The molecule has 0 aromatic heterocycles. The van der Waals surface area contributed by atoms with Crippen LogP contribution in [0.15, 0.2) is 30.3 Å². The van der Waals surface area contributed by atoms with Gasteiger partial charge in [0.2, 0.25) is 0 Å². The number of carbonyl (C=O) groups is 1. The molecule has 1 unspecified atom stereocenters. The number of primary amides is 1.